The number of carbonyl (C=O) groups excluding carboxylic acids is 1. The maximum Gasteiger partial charge on any atom is 0.320 e. The molecule has 0 saturated carbocycles. The number of carboxylic acids is 1. The fraction of sp³-hybridized carbons (Fsp3) is 0.857. The average Bonchev–Trinajstić information content (AvgIpc) is 2.46. The molecule has 1 unspecified atom stereocenters. The van der Waals surface area contributed by atoms with Crippen molar-refractivity contribution in [3.8, 4) is 0 Å². The van der Waals surface area contributed by atoms with Crippen LogP contribution < -0.4 is 0 Å². The minimum Gasteiger partial charge on any atom is -0.481 e. The Kier molecular flexibility index (Phi) is 4.52. The molecule has 114 valence electrons. The second-order valence-corrected chi connectivity index (χ2v) is 6.10. The molecule has 0 spiro atoms. The zero-order valence-corrected chi connectivity index (χ0v) is 12.3. The van der Waals surface area contributed by atoms with Crippen LogP contribution in [0.15, 0.2) is 0 Å². The molecule has 2 heterocycles. The van der Waals surface area contributed by atoms with Gasteiger partial charge >= 0.3 is 12.0 Å². The topological polar surface area (TPSA) is 70.1 Å². The molecular weight excluding hydrogens is 260 g/mol. The summed E-state index contributed by atoms with van der Waals surface area (Å²) < 4.78 is 5.30. The molecule has 0 aliphatic carbocycles. The number of aliphatic carboxylic acids is 1. The lowest BCUT2D eigenvalue weighted by Crippen LogP contribution is -2.54. The van der Waals surface area contributed by atoms with Crippen LogP contribution in [0.1, 0.15) is 32.6 Å². The predicted octanol–water partition coefficient (Wildman–Crippen LogP) is 1.40. The first-order valence-electron chi connectivity index (χ1n) is 7.26. The van der Waals surface area contributed by atoms with Gasteiger partial charge in [0, 0.05) is 33.3 Å². The number of urea groups is 1. The van der Waals surface area contributed by atoms with Crippen LogP contribution in [0.4, 0.5) is 4.79 Å². The average molecular weight is 284 g/mol. The van der Waals surface area contributed by atoms with Crippen LogP contribution in [-0.2, 0) is 9.53 Å². The largest absolute Gasteiger partial charge is 0.481 e. The minimum atomic E-state index is -0.812. The Hall–Kier alpha value is -1.30. The smallest absolute Gasteiger partial charge is 0.320 e. The maximum absolute atomic E-state index is 12.5. The molecule has 0 aromatic heterocycles. The van der Waals surface area contributed by atoms with Gasteiger partial charge in [0.1, 0.15) is 0 Å². The van der Waals surface area contributed by atoms with Gasteiger partial charge in [0.15, 0.2) is 0 Å². The van der Waals surface area contributed by atoms with Crippen LogP contribution in [0.3, 0.4) is 0 Å². The maximum atomic E-state index is 12.5. The van der Waals surface area contributed by atoms with Crippen molar-refractivity contribution in [1.29, 1.82) is 0 Å². The summed E-state index contributed by atoms with van der Waals surface area (Å²) in [6, 6.07) is -0.0215. The number of likely N-dealkylation sites (tertiary alicyclic amines) is 2. The Morgan fingerprint density at radius 3 is 2.40 bits per heavy atom. The van der Waals surface area contributed by atoms with Crippen molar-refractivity contribution in [1.82, 2.24) is 9.80 Å². The van der Waals surface area contributed by atoms with E-state index in [1.807, 2.05) is 4.90 Å². The van der Waals surface area contributed by atoms with Crippen molar-refractivity contribution < 1.29 is 19.4 Å². The Morgan fingerprint density at radius 2 is 1.85 bits per heavy atom. The lowest BCUT2D eigenvalue weighted by Gasteiger charge is -2.41. The van der Waals surface area contributed by atoms with Crippen molar-refractivity contribution in [2.45, 2.75) is 38.7 Å². The molecule has 2 aliphatic heterocycles. The van der Waals surface area contributed by atoms with Crippen LogP contribution in [0.2, 0.25) is 0 Å². The van der Waals surface area contributed by atoms with Crippen molar-refractivity contribution in [2.75, 3.05) is 33.3 Å². The molecule has 0 aromatic rings. The van der Waals surface area contributed by atoms with E-state index in [1.165, 1.54) is 0 Å². The predicted molar refractivity (Wildman–Crippen MR) is 73.5 cm³/mol. The highest BCUT2D eigenvalue weighted by molar-refractivity contribution is 5.78. The second-order valence-electron chi connectivity index (χ2n) is 6.10. The van der Waals surface area contributed by atoms with Crippen LogP contribution in [-0.4, -0.2) is 66.3 Å². The SMILES string of the molecule is COC1CCN(C(=O)N2CCCC(C)(C(=O)O)C2)CC1. The molecule has 2 fully saturated rings. The molecule has 2 saturated heterocycles. The first kappa shape index (κ1) is 15.1. The van der Waals surface area contributed by atoms with Gasteiger partial charge in [-0.2, -0.15) is 0 Å². The van der Waals surface area contributed by atoms with Gasteiger partial charge in [-0.25, -0.2) is 4.79 Å². The summed E-state index contributed by atoms with van der Waals surface area (Å²) in [7, 11) is 1.70. The summed E-state index contributed by atoms with van der Waals surface area (Å²) in [6.45, 7) is 4.08. The van der Waals surface area contributed by atoms with Crippen LogP contribution in [0.5, 0.6) is 0 Å². The third-order valence-electron chi connectivity index (χ3n) is 4.53. The van der Waals surface area contributed by atoms with Crippen molar-refractivity contribution >= 4 is 12.0 Å². The van der Waals surface area contributed by atoms with Crippen molar-refractivity contribution in [3.05, 3.63) is 0 Å². The minimum absolute atomic E-state index is 0.0215. The van der Waals surface area contributed by atoms with E-state index in [0.29, 0.717) is 32.6 Å². The molecule has 20 heavy (non-hydrogen) atoms. The van der Waals surface area contributed by atoms with Gasteiger partial charge in [0.05, 0.1) is 11.5 Å². The van der Waals surface area contributed by atoms with Gasteiger partial charge in [0.2, 0.25) is 0 Å². The fourth-order valence-corrected chi connectivity index (χ4v) is 3.06. The molecule has 6 heteroatoms. The fourth-order valence-electron chi connectivity index (χ4n) is 3.06. The highest BCUT2D eigenvalue weighted by Crippen LogP contribution is 2.30. The van der Waals surface area contributed by atoms with E-state index in [4.69, 9.17) is 4.74 Å². The van der Waals surface area contributed by atoms with Crippen molar-refractivity contribution in [3.63, 3.8) is 0 Å². The number of methoxy groups -OCH3 is 1. The van der Waals surface area contributed by atoms with Gasteiger partial charge < -0.3 is 19.6 Å². The van der Waals surface area contributed by atoms with E-state index < -0.39 is 11.4 Å². The van der Waals surface area contributed by atoms with Crippen LogP contribution in [0.25, 0.3) is 0 Å². The van der Waals surface area contributed by atoms with Gasteiger partial charge in [-0.3, -0.25) is 4.79 Å². The third kappa shape index (κ3) is 3.06. The number of ether oxygens (including phenoxy) is 1. The third-order valence-corrected chi connectivity index (χ3v) is 4.53. The molecule has 1 atom stereocenters. The molecule has 0 aromatic carbocycles. The van der Waals surface area contributed by atoms with E-state index in [1.54, 1.807) is 18.9 Å². The molecule has 2 aliphatic rings. The van der Waals surface area contributed by atoms with Crippen molar-refractivity contribution in [2.24, 2.45) is 5.41 Å². The number of amides is 2. The Morgan fingerprint density at radius 1 is 1.20 bits per heavy atom. The zero-order valence-electron chi connectivity index (χ0n) is 12.3. The highest BCUT2D eigenvalue weighted by Gasteiger charge is 2.40. The standard InChI is InChI=1S/C14H24N2O4/c1-14(12(17)18)6-3-7-16(10-14)13(19)15-8-4-11(20-2)5-9-15/h11H,3-10H2,1-2H3,(H,17,18). The molecule has 0 bridgehead atoms. The van der Waals surface area contributed by atoms with E-state index in [2.05, 4.69) is 0 Å². The van der Waals surface area contributed by atoms with E-state index in [0.717, 1.165) is 19.3 Å². The molecular formula is C14H24N2O4. The first-order chi connectivity index (χ1) is 9.46. The van der Waals surface area contributed by atoms with Gasteiger partial charge in [0.25, 0.3) is 0 Å². The summed E-state index contributed by atoms with van der Waals surface area (Å²) in [4.78, 5) is 27.3. The number of hydrogen-bond acceptors (Lipinski definition) is 3. The molecule has 2 rings (SSSR count). The van der Waals surface area contributed by atoms with Gasteiger partial charge in [-0.15, -0.1) is 0 Å². The number of rotatable bonds is 2. The normalized spacial score (nSPS) is 28.5. The number of hydrogen-bond donors (Lipinski definition) is 1. The first-order valence-corrected chi connectivity index (χ1v) is 7.26. The lowest BCUT2D eigenvalue weighted by molar-refractivity contribution is -0.150. The second kappa shape index (κ2) is 5.99. The number of carboxylic acid groups (broad SMARTS) is 1. The van der Waals surface area contributed by atoms with Crippen LogP contribution >= 0.6 is 0 Å². The Labute approximate surface area is 119 Å². The number of nitrogens with zero attached hydrogens (tertiary/aromatic N) is 2. The van der Waals surface area contributed by atoms with E-state index >= 15 is 0 Å². The van der Waals surface area contributed by atoms with E-state index in [-0.39, 0.29) is 12.1 Å². The molecule has 0 radical (unpaired) electrons. The summed E-state index contributed by atoms with van der Waals surface area (Å²) in [5, 5.41) is 9.31. The summed E-state index contributed by atoms with van der Waals surface area (Å²) >= 11 is 0. The zero-order chi connectivity index (χ0) is 14.8. The number of piperidine rings is 2. The van der Waals surface area contributed by atoms with Gasteiger partial charge in [-0.1, -0.05) is 0 Å². The molecule has 2 amide bonds. The molecule has 6 nitrogen and oxygen atoms in total. The monoisotopic (exact) mass is 284 g/mol. The summed E-state index contributed by atoms with van der Waals surface area (Å²) in [6.07, 6.45) is 3.34. The highest BCUT2D eigenvalue weighted by atomic mass is 16.5. The Balaban J connectivity index is 1.94. The van der Waals surface area contributed by atoms with Crippen LogP contribution in [0, 0.1) is 5.41 Å². The van der Waals surface area contributed by atoms with Gasteiger partial charge in [-0.05, 0) is 32.6 Å². The molecule has 1 N–H and O–H groups in total. The summed E-state index contributed by atoms with van der Waals surface area (Å²) in [5.74, 6) is -0.812. The lowest BCUT2D eigenvalue weighted by atomic mass is 9.82. The Bertz CT molecular complexity index is 379. The number of carbonyl (C=O) groups is 2. The van der Waals surface area contributed by atoms with E-state index in [9.17, 15) is 14.7 Å². The summed E-state index contributed by atoms with van der Waals surface area (Å²) in [5.41, 5.74) is -0.807. The quantitative estimate of drug-likeness (QED) is 0.832.